The zero-order chi connectivity index (χ0) is 15.4. The van der Waals surface area contributed by atoms with Crippen LogP contribution in [0.1, 0.15) is 35.9 Å². The number of aryl methyl sites for hydroxylation is 1. The molecule has 0 unspecified atom stereocenters. The molecule has 112 valence electrons. The van der Waals surface area contributed by atoms with Gasteiger partial charge in [0, 0.05) is 6.42 Å². The molecule has 0 radical (unpaired) electrons. The SMILES string of the molecule is CCc1nc2ccc(C(=O)O)cc2n1C1(C(F)(F)F)CC1. The minimum absolute atomic E-state index is 0.00621. The summed E-state index contributed by atoms with van der Waals surface area (Å²) in [6.45, 7) is 1.74. The van der Waals surface area contributed by atoms with Gasteiger partial charge >= 0.3 is 12.1 Å². The predicted molar refractivity (Wildman–Crippen MR) is 69.3 cm³/mol. The first kappa shape index (κ1) is 13.9. The van der Waals surface area contributed by atoms with Crippen LogP contribution < -0.4 is 0 Å². The van der Waals surface area contributed by atoms with E-state index < -0.39 is 17.7 Å². The lowest BCUT2D eigenvalue weighted by Crippen LogP contribution is -2.35. The van der Waals surface area contributed by atoms with Crippen molar-refractivity contribution >= 4 is 17.0 Å². The molecule has 4 nitrogen and oxygen atoms in total. The second kappa shape index (κ2) is 4.22. The van der Waals surface area contributed by atoms with Crippen LogP contribution in [0.15, 0.2) is 18.2 Å². The van der Waals surface area contributed by atoms with Gasteiger partial charge in [0.25, 0.3) is 0 Å². The molecule has 1 N–H and O–H groups in total. The number of carboxylic acids is 1. The van der Waals surface area contributed by atoms with Crippen LogP contribution >= 0.6 is 0 Å². The van der Waals surface area contributed by atoms with Crippen molar-refractivity contribution in [2.75, 3.05) is 0 Å². The highest BCUT2D eigenvalue weighted by Crippen LogP contribution is 2.56. The van der Waals surface area contributed by atoms with Crippen LogP contribution in [0.3, 0.4) is 0 Å². The quantitative estimate of drug-likeness (QED) is 0.945. The molecular weight excluding hydrogens is 285 g/mol. The summed E-state index contributed by atoms with van der Waals surface area (Å²) in [7, 11) is 0. The number of fused-ring (bicyclic) bond motifs is 1. The van der Waals surface area contributed by atoms with Crippen LogP contribution in [0.25, 0.3) is 11.0 Å². The number of aromatic carboxylic acids is 1. The van der Waals surface area contributed by atoms with Gasteiger partial charge in [0.1, 0.15) is 11.4 Å². The van der Waals surface area contributed by atoms with E-state index in [-0.39, 0.29) is 23.9 Å². The van der Waals surface area contributed by atoms with Gasteiger partial charge in [0.15, 0.2) is 0 Å². The average Bonchev–Trinajstić information content (AvgIpc) is 3.13. The van der Waals surface area contributed by atoms with E-state index in [1.807, 2.05) is 0 Å². The number of aromatic nitrogens is 2. The van der Waals surface area contributed by atoms with Crippen LogP contribution in [0.2, 0.25) is 0 Å². The molecule has 2 aromatic rings. The lowest BCUT2D eigenvalue weighted by atomic mass is 10.1. The number of hydrogen-bond donors (Lipinski definition) is 1. The maximum Gasteiger partial charge on any atom is 0.412 e. The Morgan fingerprint density at radius 1 is 1.43 bits per heavy atom. The van der Waals surface area contributed by atoms with Crippen LogP contribution in [-0.4, -0.2) is 26.8 Å². The summed E-state index contributed by atoms with van der Waals surface area (Å²) in [6.07, 6.45) is -4.00. The van der Waals surface area contributed by atoms with Gasteiger partial charge in [-0.05, 0) is 31.0 Å². The summed E-state index contributed by atoms with van der Waals surface area (Å²) < 4.78 is 41.4. The first-order valence-corrected chi connectivity index (χ1v) is 6.62. The smallest absolute Gasteiger partial charge is 0.412 e. The number of halogens is 3. The minimum atomic E-state index is -4.37. The molecule has 0 saturated heterocycles. The number of imidazole rings is 1. The van der Waals surface area contributed by atoms with Crippen molar-refractivity contribution in [2.45, 2.75) is 37.9 Å². The van der Waals surface area contributed by atoms with Crippen LogP contribution in [0, 0.1) is 0 Å². The summed E-state index contributed by atoms with van der Waals surface area (Å²) in [5.41, 5.74) is -1.33. The van der Waals surface area contributed by atoms with Crippen LogP contribution in [-0.2, 0) is 12.0 Å². The summed E-state index contributed by atoms with van der Waals surface area (Å²) in [4.78, 5) is 15.3. The number of benzene rings is 1. The third-order valence-electron chi connectivity index (χ3n) is 3.97. The average molecular weight is 298 g/mol. The number of carbonyl (C=O) groups is 1. The molecule has 3 rings (SSSR count). The topological polar surface area (TPSA) is 55.1 Å². The van der Waals surface area contributed by atoms with Gasteiger partial charge in [-0.1, -0.05) is 6.92 Å². The minimum Gasteiger partial charge on any atom is -0.478 e. The fourth-order valence-electron chi connectivity index (χ4n) is 2.73. The van der Waals surface area contributed by atoms with Crippen molar-refractivity contribution in [3.63, 3.8) is 0 Å². The molecule has 0 aliphatic heterocycles. The van der Waals surface area contributed by atoms with E-state index in [1.54, 1.807) is 6.92 Å². The Morgan fingerprint density at radius 3 is 2.57 bits per heavy atom. The van der Waals surface area contributed by atoms with E-state index in [1.165, 1.54) is 22.8 Å². The van der Waals surface area contributed by atoms with Crippen molar-refractivity contribution in [1.29, 1.82) is 0 Å². The molecule has 1 aromatic carbocycles. The molecule has 21 heavy (non-hydrogen) atoms. The van der Waals surface area contributed by atoms with E-state index in [0.717, 1.165) is 0 Å². The number of nitrogens with zero attached hydrogens (tertiary/aromatic N) is 2. The van der Waals surface area contributed by atoms with Gasteiger partial charge in [-0.2, -0.15) is 13.2 Å². The fourth-order valence-corrected chi connectivity index (χ4v) is 2.73. The van der Waals surface area contributed by atoms with Crippen LogP contribution in [0.5, 0.6) is 0 Å². The van der Waals surface area contributed by atoms with Crippen molar-refractivity contribution < 1.29 is 23.1 Å². The molecule has 0 spiro atoms. The van der Waals surface area contributed by atoms with E-state index >= 15 is 0 Å². The molecule has 0 atom stereocenters. The third kappa shape index (κ3) is 1.91. The number of alkyl halides is 3. The van der Waals surface area contributed by atoms with E-state index in [0.29, 0.717) is 17.8 Å². The Hall–Kier alpha value is -2.05. The molecular formula is C14H13F3N2O2. The fraction of sp³-hybridized carbons (Fsp3) is 0.429. The molecule has 1 fully saturated rings. The summed E-state index contributed by atoms with van der Waals surface area (Å²) in [5, 5.41) is 9.03. The normalized spacial score (nSPS) is 17.1. The monoisotopic (exact) mass is 298 g/mol. The first-order valence-electron chi connectivity index (χ1n) is 6.62. The summed E-state index contributed by atoms with van der Waals surface area (Å²) in [5.74, 6) is -0.832. The van der Waals surface area contributed by atoms with Crippen molar-refractivity contribution in [3.8, 4) is 0 Å². The second-order valence-electron chi connectivity index (χ2n) is 5.25. The van der Waals surface area contributed by atoms with Gasteiger partial charge in [0.05, 0.1) is 16.6 Å². The Bertz CT molecular complexity index is 730. The van der Waals surface area contributed by atoms with Crippen molar-refractivity contribution in [2.24, 2.45) is 0 Å². The maximum absolute atomic E-state index is 13.4. The maximum atomic E-state index is 13.4. The first-order chi connectivity index (χ1) is 9.80. The van der Waals surface area contributed by atoms with Gasteiger partial charge in [-0.25, -0.2) is 9.78 Å². The highest BCUT2D eigenvalue weighted by Gasteiger charge is 2.65. The lowest BCUT2D eigenvalue weighted by molar-refractivity contribution is -0.179. The number of rotatable bonds is 3. The van der Waals surface area contributed by atoms with E-state index in [2.05, 4.69) is 4.98 Å². The second-order valence-corrected chi connectivity index (χ2v) is 5.25. The summed E-state index contributed by atoms with van der Waals surface area (Å²) in [6, 6.07) is 4.09. The van der Waals surface area contributed by atoms with Crippen LogP contribution in [0.4, 0.5) is 13.2 Å². The lowest BCUT2D eigenvalue weighted by Gasteiger charge is -2.23. The number of carboxylic acid groups (broad SMARTS) is 1. The summed E-state index contributed by atoms with van der Waals surface area (Å²) >= 11 is 0. The Morgan fingerprint density at radius 2 is 2.10 bits per heavy atom. The Kier molecular flexibility index (Phi) is 2.80. The molecule has 1 saturated carbocycles. The molecule has 0 amide bonds. The molecule has 1 heterocycles. The third-order valence-corrected chi connectivity index (χ3v) is 3.97. The van der Waals surface area contributed by atoms with Crippen molar-refractivity contribution in [1.82, 2.24) is 9.55 Å². The Balaban J connectivity index is 2.29. The molecule has 1 aliphatic rings. The Labute approximate surface area is 118 Å². The zero-order valence-electron chi connectivity index (χ0n) is 11.2. The van der Waals surface area contributed by atoms with Gasteiger partial charge in [-0.15, -0.1) is 0 Å². The van der Waals surface area contributed by atoms with E-state index in [4.69, 9.17) is 5.11 Å². The largest absolute Gasteiger partial charge is 0.478 e. The number of hydrogen-bond acceptors (Lipinski definition) is 2. The molecule has 1 aromatic heterocycles. The van der Waals surface area contributed by atoms with Crippen molar-refractivity contribution in [3.05, 3.63) is 29.6 Å². The molecule has 7 heteroatoms. The molecule has 0 bridgehead atoms. The van der Waals surface area contributed by atoms with Gasteiger partial charge < -0.3 is 9.67 Å². The highest BCUT2D eigenvalue weighted by atomic mass is 19.4. The van der Waals surface area contributed by atoms with E-state index in [9.17, 15) is 18.0 Å². The van der Waals surface area contributed by atoms with Gasteiger partial charge in [0.2, 0.25) is 0 Å². The standard InChI is InChI=1S/C14H13F3N2O2/c1-2-11-18-9-4-3-8(12(20)21)7-10(9)19(11)13(5-6-13)14(15,16)17/h3-4,7H,2,5-6H2,1H3,(H,20,21). The predicted octanol–water partition coefficient (Wildman–Crippen LogP) is 3.35. The zero-order valence-corrected chi connectivity index (χ0v) is 11.2. The van der Waals surface area contributed by atoms with Gasteiger partial charge in [-0.3, -0.25) is 0 Å². The molecule has 1 aliphatic carbocycles. The highest BCUT2D eigenvalue weighted by molar-refractivity contribution is 5.92.